The molecule has 3 aliphatic rings. The summed E-state index contributed by atoms with van der Waals surface area (Å²) in [5.74, 6) is 3.29. The molecule has 0 bridgehead atoms. The zero-order valence-electron chi connectivity index (χ0n) is 21.3. The first-order valence-corrected chi connectivity index (χ1v) is 13.1. The van der Waals surface area contributed by atoms with Gasteiger partial charge in [-0.25, -0.2) is 0 Å². The second-order valence-electron chi connectivity index (χ2n) is 10.2. The first-order valence-electron chi connectivity index (χ1n) is 13.1. The number of amides is 1. The molecule has 3 aromatic rings. The lowest BCUT2D eigenvalue weighted by atomic mass is 9.95. The molecule has 4 heterocycles. The Balaban J connectivity index is 0.950. The maximum absolute atomic E-state index is 13.2. The van der Waals surface area contributed by atoms with E-state index < -0.39 is 0 Å². The van der Waals surface area contributed by atoms with Gasteiger partial charge < -0.3 is 18.9 Å². The molecule has 0 unspecified atom stereocenters. The highest BCUT2D eigenvalue weighted by atomic mass is 16.7. The number of nitrogens with zero attached hydrogens (tertiary/aromatic N) is 5. The van der Waals surface area contributed by atoms with Gasteiger partial charge >= 0.3 is 0 Å². The van der Waals surface area contributed by atoms with E-state index in [2.05, 4.69) is 56.0 Å². The third kappa shape index (κ3) is 5.47. The molecule has 9 nitrogen and oxygen atoms in total. The van der Waals surface area contributed by atoms with Gasteiger partial charge in [-0.3, -0.25) is 14.6 Å². The van der Waals surface area contributed by atoms with Gasteiger partial charge in [0.25, 0.3) is 0 Å². The van der Waals surface area contributed by atoms with E-state index >= 15 is 0 Å². The molecular weight excluding hydrogens is 470 g/mol. The van der Waals surface area contributed by atoms with E-state index in [4.69, 9.17) is 14.0 Å². The van der Waals surface area contributed by atoms with Gasteiger partial charge in [0.05, 0.1) is 6.54 Å². The number of rotatable bonds is 6. The molecule has 2 saturated heterocycles. The number of piperazine rings is 1. The van der Waals surface area contributed by atoms with Crippen LogP contribution in [0, 0.1) is 12.8 Å². The van der Waals surface area contributed by atoms with Crippen molar-refractivity contribution in [2.75, 3.05) is 46.1 Å². The first kappa shape index (κ1) is 23.9. The van der Waals surface area contributed by atoms with Gasteiger partial charge in [-0.2, -0.15) is 4.98 Å². The largest absolute Gasteiger partial charge is 0.454 e. The standard InChI is InChI=1S/C28H33N5O4/c1-20-3-2-4-23(15-20)27-29-26(37-30-27)18-31-9-7-22(8-10-31)28(34)33-13-11-32(12-14-33)17-21-5-6-24-25(16-21)36-19-35-24/h2-6,15-16,22H,7-14,17-19H2,1H3. The number of ether oxygens (including phenoxy) is 2. The minimum atomic E-state index is 0.0993. The van der Waals surface area contributed by atoms with E-state index in [9.17, 15) is 4.79 Å². The Kier molecular flexibility index (Phi) is 6.80. The van der Waals surface area contributed by atoms with Crippen LogP contribution in [0.1, 0.15) is 29.9 Å². The average molecular weight is 504 g/mol. The molecule has 2 aromatic carbocycles. The van der Waals surface area contributed by atoms with Crippen LogP contribution in [0.2, 0.25) is 0 Å². The van der Waals surface area contributed by atoms with Gasteiger partial charge in [-0.05, 0) is 56.6 Å². The van der Waals surface area contributed by atoms with Crippen molar-refractivity contribution in [1.82, 2.24) is 24.8 Å². The lowest BCUT2D eigenvalue weighted by Crippen LogP contribution is -2.51. The first-order chi connectivity index (χ1) is 18.1. The molecule has 0 radical (unpaired) electrons. The maximum Gasteiger partial charge on any atom is 0.241 e. The quantitative estimate of drug-likeness (QED) is 0.507. The van der Waals surface area contributed by atoms with Crippen LogP contribution in [-0.4, -0.2) is 76.8 Å². The van der Waals surface area contributed by atoms with Gasteiger partial charge in [-0.15, -0.1) is 0 Å². The zero-order chi connectivity index (χ0) is 25.2. The lowest BCUT2D eigenvalue weighted by Gasteiger charge is -2.38. The van der Waals surface area contributed by atoms with Crippen LogP contribution in [0.15, 0.2) is 47.0 Å². The molecular formula is C28H33N5O4. The summed E-state index contributed by atoms with van der Waals surface area (Å²) in [6.45, 7) is 8.91. The van der Waals surface area contributed by atoms with Gasteiger partial charge in [0.2, 0.25) is 24.4 Å². The number of hydrogen-bond donors (Lipinski definition) is 0. The van der Waals surface area contributed by atoms with E-state index in [0.717, 1.165) is 75.7 Å². The Labute approximate surface area is 216 Å². The number of benzene rings is 2. The molecule has 3 aliphatic heterocycles. The minimum absolute atomic E-state index is 0.0993. The average Bonchev–Trinajstić information content (AvgIpc) is 3.59. The molecule has 0 atom stereocenters. The number of carbonyl (C=O) groups excluding carboxylic acids is 1. The van der Waals surface area contributed by atoms with Crippen LogP contribution >= 0.6 is 0 Å². The van der Waals surface area contributed by atoms with Gasteiger partial charge in [-0.1, -0.05) is 35.0 Å². The Hall–Kier alpha value is -3.43. The highest BCUT2D eigenvalue weighted by Gasteiger charge is 2.31. The van der Waals surface area contributed by atoms with E-state index in [-0.39, 0.29) is 5.92 Å². The molecule has 1 amide bonds. The van der Waals surface area contributed by atoms with Gasteiger partial charge in [0, 0.05) is 44.2 Å². The predicted molar refractivity (Wildman–Crippen MR) is 137 cm³/mol. The van der Waals surface area contributed by atoms with Crippen molar-refractivity contribution >= 4 is 5.91 Å². The smallest absolute Gasteiger partial charge is 0.241 e. The molecule has 0 N–H and O–H groups in total. The summed E-state index contributed by atoms with van der Waals surface area (Å²) in [7, 11) is 0. The van der Waals surface area contributed by atoms with Crippen LogP contribution in [0.3, 0.4) is 0 Å². The van der Waals surface area contributed by atoms with Crippen molar-refractivity contribution in [3.05, 3.63) is 59.5 Å². The van der Waals surface area contributed by atoms with Crippen molar-refractivity contribution in [2.45, 2.75) is 32.9 Å². The number of fused-ring (bicyclic) bond motifs is 1. The molecule has 37 heavy (non-hydrogen) atoms. The summed E-state index contributed by atoms with van der Waals surface area (Å²) in [5, 5.41) is 4.16. The van der Waals surface area contributed by atoms with E-state index in [0.29, 0.717) is 31.0 Å². The molecule has 194 valence electrons. The highest BCUT2D eigenvalue weighted by molar-refractivity contribution is 5.79. The van der Waals surface area contributed by atoms with Crippen LogP contribution in [-0.2, 0) is 17.9 Å². The van der Waals surface area contributed by atoms with Crippen molar-refractivity contribution in [2.24, 2.45) is 5.92 Å². The van der Waals surface area contributed by atoms with Crippen molar-refractivity contribution in [1.29, 1.82) is 0 Å². The number of hydrogen-bond acceptors (Lipinski definition) is 8. The number of aromatic nitrogens is 2. The van der Waals surface area contributed by atoms with E-state index in [1.165, 1.54) is 11.1 Å². The molecule has 0 aliphatic carbocycles. The van der Waals surface area contributed by atoms with Crippen LogP contribution in [0.4, 0.5) is 0 Å². The molecule has 0 spiro atoms. The monoisotopic (exact) mass is 503 g/mol. The summed E-state index contributed by atoms with van der Waals surface area (Å²) in [5.41, 5.74) is 3.35. The number of carbonyl (C=O) groups is 1. The van der Waals surface area contributed by atoms with E-state index in [1.807, 2.05) is 18.2 Å². The lowest BCUT2D eigenvalue weighted by molar-refractivity contribution is -0.139. The second-order valence-corrected chi connectivity index (χ2v) is 10.2. The molecule has 1 aromatic heterocycles. The zero-order valence-corrected chi connectivity index (χ0v) is 21.3. The summed E-state index contributed by atoms with van der Waals surface area (Å²) < 4.78 is 16.4. The van der Waals surface area contributed by atoms with Crippen molar-refractivity contribution in [3.63, 3.8) is 0 Å². The number of piperidine rings is 1. The fourth-order valence-corrected chi connectivity index (χ4v) is 5.43. The van der Waals surface area contributed by atoms with Crippen molar-refractivity contribution in [3.8, 4) is 22.9 Å². The molecule has 0 saturated carbocycles. The summed E-state index contributed by atoms with van der Waals surface area (Å²) in [4.78, 5) is 24.6. The Morgan fingerprint density at radius 3 is 2.51 bits per heavy atom. The third-order valence-corrected chi connectivity index (χ3v) is 7.57. The Morgan fingerprint density at radius 2 is 1.70 bits per heavy atom. The Morgan fingerprint density at radius 1 is 0.919 bits per heavy atom. The summed E-state index contributed by atoms with van der Waals surface area (Å²) in [6, 6.07) is 14.2. The van der Waals surface area contributed by atoms with Gasteiger partial charge in [0.15, 0.2) is 11.5 Å². The predicted octanol–water partition coefficient (Wildman–Crippen LogP) is 3.33. The fraction of sp³-hybridized carbons (Fsp3) is 0.464. The normalized spacial score (nSPS) is 18.9. The SMILES string of the molecule is Cc1cccc(-c2noc(CN3CCC(C(=O)N4CCN(Cc5ccc6c(c5)OCO6)CC4)CC3)n2)c1. The fourth-order valence-electron chi connectivity index (χ4n) is 5.43. The maximum atomic E-state index is 13.2. The summed E-state index contributed by atoms with van der Waals surface area (Å²) in [6.07, 6.45) is 1.74. The molecule has 6 rings (SSSR count). The minimum Gasteiger partial charge on any atom is -0.454 e. The Bertz CT molecular complexity index is 1240. The second kappa shape index (κ2) is 10.5. The van der Waals surface area contributed by atoms with Crippen molar-refractivity contribution < 1.29 is 18.8 Å². The molecule has 2 fully saturated rings. The third-order valence-electron chi connectivity index (χ3n) is 7.57. The number of aryl methyl sites for hydroxylation is 1. The number of likely N-dealkylation sites (tertiary alicyclic amines) is 1. The van der Waals surface area contributed by atoms with Crippen LogP contribution in [0.5, 0.6) is 11.5 Å². The summed E-state index contributed by atoms with van der Waals surface area (Å²) >= 11 is 0. The van der Waals surface area contributed by atoms with Crippen LogP contribution < -0.4 is 9.47 Å². The van der Waals surface area contributed by atoms with E-state index in [1.54, 1.807) is 0 Å². The van der Waals surface area contributed by atoms with Crippen LogP contribution in [0.25, 0.3) is 11.4 Å². The topological polar surface area (TPSA) is 84.2 Å². The van der Waals surface area contributed by atoms with Gasteiger partial charge in [0.1, 0.15) is 0 Å². The highest BCUT2D eigenvalue weighted by Crippen LogP contribution is 2.33. The molecule has 9 heteroatoms.